The van der Waals surface area contributed by atoms with Gasteiger partial charge in [0.15, 0.2) is 0 Å². The number of carbonyl (C=O) groups excluding carboxylic acids is 4. The summed E-state index contributed by atoms with van der Waals surface area (Å²) in [7, 11) is 1.26. The number of nitrogens with one attached hydrogen (secondary N) is 3. The van der Waals surface area contributed by atoms with Crippen LogP contribution in [0.1, 0.15) is 76.1 Å². The molecule has 15 nitrogen and oxygen atoms in total. The molecule has 3 aliphatic heterocycles. The average Bonchev–Trinajstić information content (AvgIpc) is 3.92. The Morgan fingerprint density at radius 2 is 1.73 bits per heavy atom. The molecule has 3 aromatic carbocycles. The van der Waals surface area contributed by atoms with Gasteiger partial charge in [-0.3, -0.25) is 14.4 Å². The van der Waals surface area contributed by atoms with Gasteiger partial charge in [-0.25, -0.2) is 14.8 Å². The highest BCUT2D eigenvalue weighted by Gasteiger charge is 2.42. The van der Waals surface area contributed by atoms with Gasteiger partial charge in [0.2, 0.25) is 11.8 Å². The molecule has 4 atom stereocenters. The van der Waals surface area contributed by atoms with Gasteiger partial charge in [-0.2, -0.15) is 0 Å². The lowest BCUT2D eigenvalue weighted by Gasteiger charge is -2.42. The number of ether oxygens (including phenoxy) is 3. The van der Waals surface area contributed by atoms with Crippen LogP contribution in [0.5, 0.6) is 5.75 Å². The number of carbonyl (C=O) groups is 4. The van der Waals surface area contributed by atoms with E-state index in [9.17, 15) is 32.3 Å². The second-order valence-corrected chi connectivity index (χ2v) is 19.1. The van der Waals surface area contributed by atoms with E-state index in [0.29, 0.717) is 97.7 Å². The molecule has 0 bridgehead atoms. The first kappa shape index (κ1) is 47.4. The minimum absolute atomic E-state index is 0.0304. The molecule has 2 aromatic heterocycles. The number of fused-ring (bicyclic) bond motifs is 3. The maximum atomic E-state index is 14.3. The van der Waals surface area contributed by atoms with Crippen LogP contribution in [-0.2, 0) is 19.1 Å². The van der Waals surface area contributed by atoms with E-state index in [1.807, 2.05) is 44.7 Å². The number of alkyl carbamates (subject to hydrolysis) is 1. The molecule has 3 saturated heterocycles. The number of likely N-dealkylation sites (tertiary alicyclic amines) is 1. The van der Waals surface area contributed by atoms with Gasteiger partial charge in [-0.05, 0) is 79.3 Å². The molecule has 3 fully saturated rings. The number of alkyl halides is 3. The molecule has 8 rings (SSSR count). The zero-order chi connectivity index (χ0) is 47.9. The van der Waals surface area contributed by atoms with Gasteiger partial charge in [0.05, 0.1) is 40.5 Å². The van der Waals surface area contributed by atoms with Crippen LogP contribution in [0.2, 0.25) is 5.02 Å². The van der Waals surface area contributed by atoms with E-state index in [1.54, 1.807) is 35.2 Å². The Hall–Kier alpha value is -6.14. The molecule has 356 valence electrons. The Kier molecular flexibility index (Phi) is 13.3. The number of rotatable bonds is 9. The molecular weight excluding hydrogens is 893 g/mol. The molecule has 19 heteroatoms. The van der Waals surface area contributed by atoms with E-state index in [2.05, 4.69) is 37.2 Å². The summed E-state index contributed by atoms with van der Waals surface area (Å²) in [6.45, 7) is 12.8. The number of pyridine rings is 1. The Balaban J connectivity index is 1.02. The SMILES string of the molecule is COC(=O)NC(C(=O)N1CC(C)CC1c1nc2c(ccc3cc(-c4cc(Cl)c(NC(=O)c5ccc(N6CCN(C(=O)C(C)(C)C)CC6C)nc5)cc4OC(F)(F)F)ccc32)[nH]1)C1CCOCC1. The fourth-order valence-electron chi connectivity index (χ4n) is 9.42. The van der Waals surface area contributed by atoms with Crippen molar-refractivity contribution < 1.29 is 46.6 Å². The summed E-state index contributed by atoms with van der Waals surface area (Å²) in [6, 6.07) is 13.1. The number of halogens is 4. The van der Waals surface area contributed by atoms with Crippen LogP contribution < -0.4 is 20.3 Å². The minimum Gasteiger partial charge on any atom is -0.453 e. The molecule has 0 spiro atoms. The van der Waals surface area contributed by atoms with Crippen LogP contribution in [0.3, 0.4) is 0 Å². The lowest BCUT2D eigenvalue weighted by molar-refractivity contribution is -0.274. The molecule has 4 unspecified atom stereocenters. The Morgan fingerprint density at radius 3 is 2.40 bits per heavy atom. The maximum Gasteiger partial charge on any atom is 0.573 e. The van der Waals surface area contributed by atoms with Crippen molar-refractivity contribution in [2.24, 2.45) is 17.3 Å². The van der Waals surface area contributed by atoms with Gasteiger partial charge in [-0.15, -0.1) is 13.2 Å². The smallest absolute Gasteiger partial charge is 0.453 e. The third kappa shape index (κ3) is 10.2. The van der Waals surface area contributed by atoms with E-state index in [1.165, 1.54) is 19.4 Å². The van der Waals surface area contributed by atoms with Crippen molar-refractivity contribution in [1.82, 2.24) is 30.1 Å². The maximum absolute atomic E-state index is 14.3. The predicted octanol–water partition coefficient (Wildman–Crippen LogP) is 8.73. The van der Waals surface area contributed by atoms with Gasteiger partial charge in [0, 0.05) is 74.1 Å². The van der Waals surface area contributed by atoms with Crippen LogP contribution in [0.25, 0.3) is 32.9 Å². The number of aromatic amines is 1. The standard InChI is InChI=1S/C48H54ClF3N8O7/c1-26-19-37(60(24-26)44(62)40(57-46(64)65-6)28-13-17-66-18-14-28)42-54-35-11-8-29-20-30(7-10-32(29)41(35)56-42)33-21-34(49)36(22-38(33)67-48(50,51)52)55-43(61)31-9-12-39(53-23-31)59-16-15-58(25-27(59)2)45(63)47(3,4)5/h7-12,20-23,26-28,37,40H,13-19,24-25H2,1-6H3,(H,54,56)(H,55,61)(H,57,64). The normalized spacial score (nSPS) is 20.0. The molecule has 5 heterocycles. The molecule has 0 saturated carbocycles. The first-order valence-corrected chi connectivity index (χ1v) is 22.7. The van der Waals surface area contributed by atoms with Gasteiger partial charge < -0.3 is 44.5 Å². The highest BCUT2D eigenvalue weighted by atomic mass is 35.5. The second kappa shape index (κ2) is 18.9. The number of piperazine rings is 1. The van der Waals surface area contributed by atoms with Gasteiger partial charge >= 0.3 is 12.5 Å². The first-order chi connectivity index (χ1) is 31.8. The number of hydrogen-bond acceptors (Lipinski definition) is 10. The lowest BCUT2D eigenvalue weighted by atomic mass is 9.90. The Morgan fingerprint density at radius 1 is 0.970 bits per heavy atom. The van der Waals surface area contributed by atoms with Crippen LogP contribution in [0.4, 0.5) is 29.5 Å². The monoisotopic (exact) mass is 946 g/mol. The van der Waals surface area contributed by atoms with E-state index < -0.39 is 41.6 Å². The van der Waals surface area contributed by atoms with Crippen molar-refractivity contribution in [1.29, 1.82) is 0 Å². The van der Waals surface area contributed by atoms with Crippen LogP contribution in [0.15, 0.2) is 60.8 Å². The van der Waals surface area contributed by atoms with Gasteiger partial charge in [0.1, 0.15) is 23.4 Å². The number of benzene rings is 3. The Labute approximate surface area is 390 Å². The van der Waals surface area contributed by atoms with Crippen LogP contribution >= 0.6 is 11.6 Å². The quantitative estimate of drug-likeness (QED) is 0.130. The van der Waals surface area contributed by atoms with Crippen molar-refractivity contribution in [2.75, 3.05) is 56.7 Å². The summed E-state index contributed by atoms with van der Waals surface area (Å²) in [5.41, 5.74) is 1.24. The van der Waals surface area contributed by atoms with E-state index in [-0.39, 0.29) is 51.5 Å². The van der Waals surface area contributed by atoms with E-state index >= 15 is 0 Å². The zero-order valence-corrected chi connectivity index (χ0v) is 38.9. The van der Waals surface area contributed by atoms with E-state index in [0.717, 1.165) is 6.07 Å². The third-order valence-electron chi connectivity index (χ3n) is 12.8. The van der Waals surface area contributed by atoms with Gasteiger partial charge in [0.25, 0.3) is 5.91 Å². The summed E-state index contributed by atoms with van der Waals surface area (Å²) in [6.07, 6.45) is -2.52. The van der Waals surface area contributed by atoms with E-state index in [4.69, 9.17) is 26.1 Å². The summed E-state index contributed by atoms with van der Waals surface area (Å²) in [4.78, 5) is 71.5. The lowest BCUT2D eigenvalue weighted by Crippen LogP contribution is -2.56. The molecule has 4 amide bonds. The number of methoxy groups -OCH3 is 1. The number of hydrogen-bond donors (Lipinski definition) is 3. The molecule has 0 radical (unpaired) electrons. The van der Waals surface area contributed by atoms with Crippen molar-refractivity contribution in [2.45, 2.75) is 78.4 Å². The number of aromatic nitrogens is 3. The fourth-order valence-corrected chi connectivity index (χ4v) is 9.63. The largest absolute Gasteiger partial charge is 0.573 e. The van der Waals surface area contributed by atoms with Crippen molar-refractivity contribution in [3.05, 3.63) is 77.2 Å². The van der Waals surface area contributed by atoms with Gasteiger partial charge in [-0.1, -0.05) is 57.5 Å². The summed E-state index contributed by atoms with van der Waals surface area (Å²) in [5.74, 6) is -0.171. The highest BCUT2D eigenvalue weighted by Crippen LogP contribution is 2.42. The summed E-state index contributed by atoms with van der Waals surface area (Å²) in [5, 5.41) is 6.73. The number of imidazole rings is 1. The summed E-state index contributed by atoms with van der Waals surface area (Å²) < 4.78 is 56.8. The second-order valence-electron chi connectivity index (χ2n) is 18.7. The Bertz CT molecular complexity index is 2680. The first-order valence-electron chi connectivity index (χ1n) is 22.4. The minimum atomic E-state index is -5.08. The van der Waals surface area contributed by atoms with Crippen molar-refractivity contribution in [3.8, 4) is 16.9 Å². The van der Waals surface area contributed by atoms with Crippen LogP contribution in [-0.4, -0.2) is 114 Å². The fraction of sp³-hybridized carbons (Fsp3) is 0.458. The molecule has 5 aromatic rings. The number of nitrogens with zero attached hydrogens (tertiary/aromatic N) is 5. The zero-order valence-electron chi connectivity index (χ0n) is 38.1. The summed E-state index contributed by atoms with van der Waals surface area (Å²) >= 11 is 6.68. The predicted molar refractivity (Wildman–Crippen MR) is 247 cm³/mol. The molecule has 0 aliphatic carbocycles. The third-order valence-corrected chi connectivity index (χ3v) is 13.1. The topological polar surface area (TPSA) is 171 Å². The van der Waals surface area contributed by atoms with Crippen molar-refractivity contribution >= 4 is 68.7 Å². The number of anilines is 2. The highest BCUT2D eigenvalue weighted by molar-refractivity contribution is 6.34. The number of amides is 4. The molecule has 3 aliphatic rings. The number of H-pyrrole nitrogens is 1. The molecule has 3 N–H and O–H groups in total. The van der Waals surface area contributed by atoms with Crippen molar-refractivity contribution in [3.63, 3.8) is 0 Å². The molecular formula is C48H54ClF3N8O7. The molecule has 67 heavy (non-hydrogen) atoms. The van der Waals surface area contributed by atoms with Crippen LogP contribution in [0, 0.1) is 17.3 Å². The average molecular weight is 947 g/mol.